The van der Waals surface area contributed by atoms with E-state index in [0.717, 1.165) is 12.8 Å². The fraction of sp³-hybridized carbons (Fsp3) is 0.714. The van der Waals surface area contributed by atoms with Crippen LogP contribution in [0.5, 0.6) is 0 Å². The third-order valence-electron chi connectivity index (χ3n) is 2.27. The Hall–Kier alpha value is 0.583. The van der Waals surface area contributed by atoms with Gasteiger partial charge in [-0.1, -0.05) is 39.5 Å². The molecule has 116 valence electrons. The third-order valence-corrected chi connectivity index (χ3v) is 2.69. The molecule has 0 heterocycles. The van der Waals surface area contributed by atoms with Gasteiger partial charge < -0.3 is 49.7 Å². The van der Waals surface area contributed by atoms with Crippen LogP contribution in [0.15, 0.2) is 9.98 Å². The molecule has 0 amide bonds. The molecular weight excluding hydrogens is 390 g/mol. The molecule has 0 aliphatic rings. The van der Waals surface area contributed by atoms with Crippen molar-refractivity contribution in [2.45, 2.75) is 65.2 Å². The van der Waals surface area contributed by atoms with Crippen LogP contribution >= 0.6 is 24.4 Å². The smallest absolute Gasteiger partial charge is 0.409 e. The number of thiocarbonyl (C=S) groups is 2. The second-order valence-corrected chi connectivity index (χ2v) is 6.21. The van der Waals surface area contributed by atoms with Crippen LogP contribution in [0.1, 0.15) is 65.2 Å². The zero-order valence-corrected chi connectivity index (χ0v) is 19.3. The van der Waals surface area contributed by atoms with Crippen LogP contribution in [0.4, 0.5) is 0 Å². The van der Waals surface area contributed by atoms with Crippen molar-refractivity contribution < 1.29 is 19.5 Å². The molecule has 0 rings (SSSR count). The van der Waals surface area contributed by atoms with Gasteiger partial charge >= 0.3 is 19.5 Å². The molecule has 0 unspecified atom stereocenters. The average molecular weight is 414 g/mol. The maximum absolute atomic E-state index is 4.59. The first-order valence-electron chi connectivity index (χ1n) is 7.01. The van der Waals surface area contributed by atoms with E-state index in [1.807, 2.05) is 12.4 Å². The normalized spacial score (nSPS) is 10.0. The summed E-state index contributed by atoms with van der Waals surface area (Å²) < 4.78 is 0.632. The Morgan fingerprint density at radius 2 is 1.14 bits per heavy atom. The Labute approximate surface area is 164 Å². The predicted molar refractivity (Wildman–Crippen MR) is 105 cm³/mol. The molecule has 2 nitrogen and oxygen atoms in total. The SMILES string of the molecule is CCCCCC=NC(=S)[S-].CCCCCC=NC(=S)[S-].[Zn+2]. The summed E-state index contributed by atoms with van der Waals surface area (Å²) >= 11 is 18.4. The maximum Gasteiger partial charge on any atom is 2.00 e. The molecule has 0 aliphatic heterocycles. The first kappa shape index (κ1) is 26.5. The van der Waals surface area contributed by atoms with Crippen LogP contribution in [0.25, 0.3) is 0 Å². The first-order valence-corrected chi connectivity index (χ1v) is 8.64. The second-order valence-electron chi connectivity index (χ2n) is 4.15. The molecule has 0 aromatic heterocycles. The molecule has 0 saturated heterocycles. The van der Waals surface area contributed by atoms with E-state index < -0.39 is 0 Å². The van der Waals surface area contributed by atoms with E-state index in [1.165, 1.54) is 38.5 Å². The number of aliphatic imine (C=N–C) groups is 2. The second kappa shape index (κ2) is 22.9. The molecule has 0 N–H and O–H groups in total. The Morgan fingerprint density at radius 1 is 0.810 bits per heavy atom. The number of hydrogen-bond acceptors (Lipinski definition) is 4. The largest absolute Gasteiger partial charge is 2.00 e. The fourth-order valence-corrected chi connectivity index (χ4v) is 1.55. The molecule has 0 fully saturated rings. The minimum absolute atomic E-state index is 0. The van der Waals surface area contributed by atoms with Crippen LogP contribution < -0.4 is 0 Å². The van der Waals surface area contributed by atoms with E-state index >= 15 is 0 Å². The molecule has 0 bridgehead atoms. The van der Waals surface area contributed by atoms with Gasteiger partial charge in [-0.3, -0.25) is 9.98 Å². The van der Waals surface area contributed by atoms with Crippen molar-refractivity contribution in [3.8, 4) is 0 Å². The number of hydrogen-bond donors (Lipinski definition) is 0. The van der Waals surface area contributed by atoms with Gasteiger partial charge in [0.15, 0.2) is 0 Å². The van der Waals surface area contributed by atoms with Gasteiger partial charge in [0.25, 0.3) is 0 Å². The Balaban J connectivity index is -0.000000295. The zero-order valence-electron chi connectivity index (χ0n) is 13.0. The molecule has 0 aliphatic carbocycles. The summed E-state index contributed by atoms with van der Waals surface area (Å²) in [5, 5.41) is 0. The molecular formula is C14H24N2S4Zn. The standard InChI is InChI=1S/2C7H13NS2.Zn/c2*1-2-3-4-5-6-8-7(9)10;/h2*6H,2-5H2,1H3,(H,9,10);/q;;+2/p-2. The predicted octanol–water partition coefficient (Wildman–Crippen LogP) is 4.94. The van der Waals surface area contributed by atoms with Crippen LogP contribution in [0, 0.1) is 0 Å². The van der Waals surface area contributed by atoms with Gasteiger partial charge in [-0.2, -0.15) is 0 Å². The average Bonchev–Trinajstić information content (AvgIpc) is 2.38. The van der Waals surface area contributed by atoms with Gasteiger partial charge in [-0.05, 0) is 34.3 Å². The van der Waals surface area contributed by atoms with Crippen LogP contribution in [-0.2, 0) is 44.7 Å². The topological polar surface area (TPSA) is 24.7 Å². The molecule has 0 aromatic rings. The van der Waals surface area contributed by atoms with Crippen molar-refractivity contribution in [3.63, 3.8) is 0 Å². The Morgan fingerprint density at radius 3 is 1.38 bits per heavy atom. The number of rotatable bonds is 8. The van der Waals surface area contributed by atoms with E-state index in [-0.39, 0.29) is 19.5 Å². The molecule has 0 radical (unpaired) electrons. The molecule has 0 aromatic carbocycles. The molecule has 21 heavy (non-hydrogen) atoms. The molecule has 0 saturated carbocycles. The Bertz CT molecular complexity index is 277. The van der Waals surface area contributed by atoms with Gasteiger partial charge in [-0.25, -0.2) is 0 Å². The summed E-state index contributed by atoms with van der Waals surface area (Å²) in [4.78, 5) is 7.64. The van der Waals surface area contributed by atoms with E-state index in [2.05, 4.69) is 73.5 Å². The van der Waals surface area contributed by atoms with Crippen molar-refractivity contribution in [3.05, 3.63) is 0 Å². The van der Waals surface area contributed by atoms with E-state index in [0.29, 0.717) is 8.64 Å². The van der Waals surface area contributed by atoms with Crippen molar-refractivity contribution in [1.29, 1.82) is 0 Å². The zero-order chi connectivity index (χ0) is 15.6. The summed E-state index contributed by atoms with van der Waals surface area (Å²) in [6, 6.07) is 0. The molecule has 0 spiro atoms. The van der Waals surface area contributed by atoms with Gasteiger partial charge in [0.2, 0.25) is 0 Å². The van der Waals surface area contributed by atoms with Crippen molar-refractivity contribution in [1.82, 2.24) is 0 Å². The first-order chi connectivity index (χ1) is 9.54. The van der Waals surface area contributed by atoms with E-state index in [1.54, 1.807) is 0 Å². The van der Waals surface area contributed by atoms with E-state index in [9.17, 15) is 0 Å². The fourth-order valence-electron chi connectivity index (χ4n) is 1.25. The van der Waals surface area contributed by atoms with Crippen LogP contribution in [-0.4, -0.2) is 21.1 Å². The number of nitrogens with zero attached hydrogens (tertiary/aromatic N) is 2. The molecule has 7 heteroatoms. The quantitative estimate of drug-likeness (QED) is 0.185. The van der Waals surface area contributed by atoms with Crippen LogP contribution in [0.3, 0.4) is 0 Å². The summed E-state index contributed by atoms with van der Waals surface area (Å²) in [5.74, 6) is 0. The minimum Gasteiger partial charge on any atom is -0.409 e. The maximum atomic E-state index is 4.59. The summed E-state index contributed by atoms with van der Waals surface area (Å²) in [7, 11) is 0. The van der Waals surface area contributed by atoms with Gasteiger partial charge in [0.1, 0.15) is 0 Å². The van der Waals surface area contributed by atoms with Gasteiger partial charge in [-0.15, -0.1) is 0 Å². The summed E-state index contributed by atoms with van der Waals surface area (Å²) in [6.45, 7) is 4.35. The van der Waals surface area contributed by atoms with Gasteiger partial charge in [0.05, 0.1) is 0 Å². The summed E-state index contributed by atoms with van der Waals surface area (Å²) in [6.07, 6.45) is 13.0. The van der Waals surface area contributed by atoms with Crippen molar-refractivity contribution >= 4 is 70.8 Å². The van der Waals surface area contributed by atoms with Crippen molar-refractivity contribution in [2.24, 2.45) is 9.98 Å². The number of unbranched alkanes of at least 4 members (excludes halogenated alkanes) is 6. The monoisotopic (exact) mass is 412 g/mol. The van der Waals surface area contributed by atoms with Gasteiger partial charge in [0, 0.05) is 12.4 Å². The van der Waals surface area contributed by atoms with Crippen LogP contribution in [0.2, 0.25) is 0 Å². The van der Waals surface area contributed by atoms with E-state index in [4.69, 9.17) is 0 Å². The summed E-state index contributed by atoms with van der Waals surface area (Å²) in [5.41, 5.74) is 0. The molecule has 0 atom stereocenters. The minimum atomic E-state index is 0. The third kappa shape index (κ3) is 33.4. The Kier molecular flexibility index (Phi) is 28.8. The van der Waals surface area contributed by atoms with Crippen molar-refractivity contribution in [2.75, 3.05) is 0 Å².